The molecular weight excluding hydrogens is 272 g/mol. The average molecular weight is 292 g/mol. The minimum atomic E-state index is -0.0187. The first-order chi connectivity index (χ1) is 10.8. The standard InChI is InChI=1S/C19H20N2O/c1-2-14-7-9-15(10-8-14)19(22)20-12-11-16-13-21-18-6-4-3-5-17(16)18/h2-10,16,21H,1,11-13H2,(H,20,22). The number of para-hydroxylation sites is 1. The third-order valence-electron chi connectivity index (χ3n) is 4.13. The zero-order valence-corrected chi connectivity index (χ0v) is 12.5. The predicted octanol–water partition coefficient (Wildman–Crippen LogP) is 3.66. The van der Waals surface area contributed by atoms with Crippen molar-refractivity contribution in [2.45, 2.75) is 12.3 Å². The van der Waals surface area contributed by atoms with Crippen LogP contribution in [0.1, 0.15) is 33.8 Å². The lowest BCUT2D eigenvalue weighted by atomic mass is 9.98. The number of carbonyl (C=O) groups is 1. The van der Waals surface area contributed by atoms with Gasteiger partial charge in [0.1, 0.15) is 0 Å². The minimum Gasteiger partial charge on any atom is -0.384 e. The number of hydrogen-bond donors (Lipinski definition) is 2. The van der Waals surface area contributed by atoms with Crippen LogP contribution in [0.25, 0.3) is 6.08 Å². The Morgan fingerprint density at radius 2 is 2.00 bits per heavy atom. The van der Waals surface area contributed by atoms with Crippen LogP contribution in [-0.4, -0.2) is 19.0 Å². The van der Waals surface area contributed by atoms with Gasteiger partial charge in [0.05, 0.1) is 0 Å². The summed E-state index contributed by atoms with van der Waals surface area (Å²) in [4.78, 5) is 12.1. The van der Waals surface area contributed by atoms with Crippen molar-refractivity contribution >= 4 is 17.7 Å². The number of hydrogen-bond acceptors (Lipinski definition) is 2. The van der Waals surface area contributed by atoms with Gasteiger partial charge in [-0.3, -0.25) is 4.79 Å². The highest BCUT2D eigenvalue weighted by Crippen LogP contribution is 2.32. The molecule has 22 heavy (non-hydrogen) atoms. The fraction of sp³-hybridized carbons (Fsp3) is 0.211. The number of nitrogens with one attached hydrogen (secondary N) is 2. The molecule has 0 bridgehead atoms. The van der Waals surface area contributed by atoms with E-state index in [1.807, 2.05) is 30.3 Å². The van der Waals surface area contributed by atoms with Crippen molar-refractivity contribution in [2.24, 2.45) is 0 Å². The van der Waals surface area contributed by atoms with E-state index in [-0.39, 0.29) is 5.91 Å². The van der Waals surface area contributed by atoms with E-state index < -0.39 is 0 Å². The second-order valence-corrected chi connectivity index (χ2v) is 5.54. The van der Waals surface area contributed by atoms with E-state index in [0.29, 0.717) is 18.0 Å². The van der Waals surface area contributed by atoms with Crippen LogP contribution in [0.2, 0.25) is 0 Å². The molecule has 0 aliphatic carbocycles. The summed E-state index contributed by atoms with van der Waals surface area (Å²) in [7, 11) is 0. The van der Waals surface area contributed by atoms with Crippen molar-refractivity contribution in [1.29, 1.82) is 0 Å². The zero-order chi connectivity index (χ0) is 15.4. The van der Waals surface area contributed by atoms with Gasteiger partial charge in [0.15, 0.2) is 0 Å². The van der Waals surface area contributed by atoms with E-state index in [2.05, 4.69) is 35.4 Å². The van der Waals surface area contributed by atoms with Gasteiger partial charge in [-0.2, -0.15) is 0 Å². The molecule has 1 atom stereocenters. The van der Waals surface area contributed by atoms with Gasteiger partial charge in [-0.1, -0.05) is 43.0 Å². The second kappa shape index (κ2) is 6.48. The first-order valence-corrected chi connectivity index (χ1v) is 7.61. The third kappa shape index (κ3) is 3.03. The van der Waals surface area contributed by atoms with Gasteiger partial charge in [0.2, 0.25) is 0 Å². The van der Waals surface area contributed by atoms with Gasteiger partial charge < -0.3 is 10.6 Å². The van der Waals surface area contributed by atoms with Crippen molar-refractivity contribution in [2.75, 3.05) is 18.4 Å². The summed E-state index contributed by atoms with van der Waals surface area (Å²) < 4.78 is 0. The second-order valence-electron chi connectivity index (χ2n) is 5.54. The van der Waals surface area contributed by atoms with Gasteiger partial charge in [-0.05, 0) is 35.7 Å². The van der Waals surface area contributed by atoms with E-state index in [4.69, 9.17) is 0 Å². The van der Waals surface area contributed by atoms with Crippen molar-refractivity contribution in [3.05, 3.63) is 71.8 Å². The highest BCUT2D eigenvalue weighted by molar-refractivity contribution is 5.94. The number of benzene rings is 2. The first-order valence-electron chi connectivity index (χ1n) is 7.61. The Bertz CT molecular complexity index is 676. The molecule has 0 fully saturated rings. The van der Waals surface area contributed by atoms with Crippen molar-refractivity contribution in [1.82, 2.24) is 5.32 Å². The summed E-state index contributed by atoms with van der Waals surface area (Å²) in [5, 5.41) is 6.41. The minimum absolute atomic E-state index is 0.0187. The Labute approximate surface area is 131 Å². The Kier molecular flexibility index (Phi) is 4.24. The van der Waals surface area contributed by atoms with Gasteiger partial charge in [0.25, 0.3) is 5.91 Å². The molecule has 1 amide bonds. The van der Waals surface area contributed by atoms with E-state index in [0.717, 1.165) is 18.5 Å². The zero-order valence-electron chi connectivity index (χ0n) is 12.5. The monoisotopic (exact) mass is 292 g/mol. The Balaban J connectivity index is 1.53. The van der Waals surface area contributed by atoms with Gasteiger partial charge in [-0.15, -0.1) is 0 Å². The summed E-state index contributed by atoms with van der Waals surface area (Å²) in [6.45, 7) is 5.34. The molecule has 3 rings (SSSR count). The molecule has 3 nitrogen and oxygen atoms in total. The topological polar surface area (TPSA) is 41.1 Å². The fourth-order valence-corrected chi connectivity index (χ4v) is 2.85. The van der Waals surface area contributed by atoms with Gasteiger partial charge in [-0.25, -0.2) is 0 Å². The molecule has 0 saturated carbocycles. The van der Waals surface area contributed by atoms with E-state index in [9.17, 15) is 4.79 Å². The highest BCUT2D eigenvalue weighted by Gasteiger charge is 2.21. The summed E-state index contributed by atoms with van der Waals surface area (Å²) >= 11 is 0. The summed E-state index contributed by atoms with van der Waals surface area (Å²) in [5.74, 6) is 0.453. The maximum absolute atomic E-state index is 12.1. The number of amides is 1. The smallest absolute Gasteiger partial charge is 0.251 e. The molecule has 3 heteroatoms. The summed E-state index contributed by atoms with van der Waals surface area (Å²) in [6, 6.07) is 15.8. The predicted molar refractivity (Wildman–Crippen MR) is 91.2 cm³/mol. The van der Waals surface area contributed by atoms with E-state index >= 15 is 0 Å². The Morgan fingerprint density at radius 3 is 2.77 bits per heavy atom. The van der Waals surface area contributed by atoms with Crippen LogP contribution in [0.5, 0.6) is 0 Å². The van der Waals surface area contributed by atoms with E-state index in [1.165, 1.54) is 11.3 Å². The molecule has 1 aliphatic rings. The number of fused-ring (bicyclic) bond motifs is 1. The maximum atomic E-state index is 12.1. The number of carbonyl (C=O) groups excluding carboxylic acids is 1. The van der Waals surface area contributed by atoms with Crippen LogP contribution >= 0.6 is 0 Å². The van der Waals surface area contributed by atoms with Crippen LogP contribution < -0.4 is 10.6 Å². The molecule has 0 saturated heterocycles. The largest absolute Gasteiger partial charge is 0.384 e. The van der Waals surface area contributed by atoms with Crippen molar-refractivity contribution in [3.8, 4) is 0 Å². The fourth-order valence-electron chi connectivity index (χ4n) is 2.85. The number of anilines is 1. The molecule has 0 spiro atoms. The molecule has 1 heterocycles. The van der Waals surface area contributed by atoms with Crippen LogP contribution in [0.15, 0.2) is 55.1 Å². The van der Waals surface area contributed by atoms with Crippen LogP contribution in [0, 0.1) is 0 Å². The SMILES string of the molecule is C=Cc1ccc(C(=O)NCCC2CNc3ccccc32)cc1. The van der Waals surface area contributed by atoms with Gasteiger partial charge >= 0.3 is 0 Å². The van der Waals surface area contributed by atoms with Crippen LogP contribution in [0.3, 0.4) is 0 Å². The lowest BCUT2D eigenvalue weighted by Crippen LogP contribution is -2.25. The third-order valence-corrected chi connectivity index (χ3v) is 4.13. The molecule has 2 aromatic rings. The molecule has 112 valence electrons. The Morgan fingerprint density at radius 1 is 1.23 bits per heavy atom. The summed E-state index contributed by atoms with van der Waals surface area (Å²) in [5.41, 5.74) is 4.28. The van der Waals surface area contributed by atoms with Crippen LogP contribution in [0.4, 0.5) is 5.69 Å². The molecule has 2 aromatic carbocycles. The quantitative estimate of drug-likeness (QED) is 0.883. The van der Waals surface area contributed by atoms with Crippen molar-refractivity contribution in [3.63, 3.8) is 0 Å². The van der Waals surface area contributed by atoms with Crippen LogP contribution in [-0.2, 0) is 0 Å². The normalized spacial score (nSPS) is 15.7. The highest BCUT2D eigenvalue weighted by atomic mass is 16.1. The summed E-state index contributed by atoms with van der Waals surface area (Å²) in [6.07, 6.45) is 2.71. The van der Waals surface area contributed by atoms with Gasteiger partial charge in [0, 0.05) is 30.3 Å². The molecule has 1 unspecified atom stereocenters. The Hall–Kier alpha value is -2.55. The molecule has 1 aliphatic heterocycles. The number of rotatable bonds is 5. The lowest BCUT2D eigenvalue weighted by Gasteiger charge is -2.11. The molecular formula is C19H20N2O. The molecule has 2 N–H and O–H groups in total. The van der Waals surface area contributed by atoms with E-state index in [1.54, 1.807) is 6.08 Å². The molecule has 0 radical (unpaired) electrons. The average Bonchev–Trinajstić information content (AvgIpc) is 2.98. The first kappa shape index (κ1) is 14.4. The maximum Gasteiger partial charge on any atom is 0.251 e. The van der Waals surface area contributed by atoms with Crippen molar-refractivity contribution < 1.29 is 4.79 Å². The molecule has 0 aromatic heterocycles. The lowest BCUT2D eigenvalue weighted by molar-refractivity contribution is 0.0952.